The smallest absolute Gasteiger partial charge is 0.300 e. The minimum atomic E-state index is -4.57. The van der Waals surface area contributed by atoms with E-state index in [1.165, 1.54) is 6.07 Å². The molecule has 128 valence electrons. The zero-order valence-corrected chi connectivity index (χ0v) is 14.0. The molecule has 0 radical (unpaired) electrons. The van der Waals surface area contributed by atoms with Crippen LogP contribution in [0.4, 0.5) is 18.9 Å². The average Bonchev–Trinajstić information content (AvgIpc) is 2.88. The van der Waals surface area contributed by atoms with Crippen LogP contribution in [0.2, 0.25) is 5.02 Å². The van der Waals surface area contributed by atoms with Crippen LogP contribution in [0.15, 0.2) is 58.4 Å². The number of benzene rings is 2. The van der Waals surface area contributed by atoms with E-state index in [0.29, 0.717) is 4.91 Å². The third kappa shape index (κ3) is 4.24. The molecule has 0 saturated carbocycles. The maximum atomic E-state index is 12.9. The Kier molecular flexibility index (Phi) is 4.87. The fourth-order valence-corrected chi connectivity index (χ4v) is 3.16. The van der Waals surface area contributed by atoms with E-state index in [-0.39, 0.29) is 16.8 Å². The molecule has 0 aliphatic carbocycles. The number of rotatable bonds is 2. The fraction of sp³-hybridized carbons (Fsp3) is 0.0588. The van der Waals surface area contributed by atoms with E-state index < -0.39 is 16.8 Å². The van der Waals surface area contributed by atoms with Gasteiger partial charge in [0.2, 0.25) is 0 Å². The molecule has 1 fully saturated rings. The lowest BCUT2D eigenvalue weighted by Crippen LogP contribution is -2.19. The summed E-state index contributed by atoms with van der Waals surface area (Å²) in [6.07, 6.45) is -2.89. The Bertz CT molecular complexity index is 879. The quantitative estimate of drug-likeness (QED) is 0.721. The van der Waals surface area contributed by atoms with Crippen molar-refractivity contribution in [1.82, 2.24) is 5.32 Å². The number of hydrogen-bond donors (Lipinski definition) is 1. The first kappa shape index (κ1) is 17.6. The summed E-state index contributed by atoms with van der Waals surface area (Å²) in [5, 5.41) is 2.35. The molecule has 0 aromatic heterocycles. The van der Waals surface area contributed by atoms with Gasteiger partial charge in [-0.1, -0.05) is 41.9 Å². The van der Waals surface area contributed by atoms with Crippen molar-refractivity contribution in [3.8, 4) is 0 Å². The number of amidine groups is 1. The number of amides is 1. The zero-order chi connectivity index (χ0) is 18.0. The van der Waals surface area contributed by atoms with Crippen LogP contribution in [0.5, 0.6) is 0 Å². The lowest BCUT2D eigenvalue weighted by atomic mass is 10.2. The molecule has 8 heteroatoms. The maximum Gasteiger partial charge on any atom is 0.417 e. The zero-order valence-electron chi connectivity index (χ0n) is 12.5. The molecule has 0 unspecified atom stereocenters. The summed E-state index contributed by atoms with van der Waals surface area (Å²) >= 11 is 6.64. The highest BCUT2D eigenvalue weighted by Crippen LogP contribution is 2.37. The van der Waals surface area contributed by atoms with E-state index >= 15 is 0 Å². The minimum Gasteiger partial charge on any atom is -0.300 e. The van der Waals surface area contributed by atoms with Crippen LogP contribution in [0, 0.1) is 0 Å². The Hall–Kier alpha value is -2.25. The van der Waals surface area contributed by atoms with Crippen LogP contribution in [0.1, 0.15) is 11.1 Å². The molecule has 1 aliphatic rings. The number of carbonyl (C=O) groups excluding carboxylic acids is 1. The van der Waals surface area contributed by atoms with Crippen molar-refractivity contribution in [1.29, 1.82) is 0 Å². The third-order valence-corrected chi connectivity index (χ3v) is 4.47. The van der Waals surface area contributed by atoms with Crippen LogP contribution in [0.25, 0.3) is 6.08 Å². The molecule has 3 nitrogen and oxygen atoms in total. The second kappa shape index (κ2) is 6.93. The Morgan fingerprint density at radius 1 is 1.12 bits per heavy atom. The molecule has 0 spiro atoms. The van der Waals surface area contributed by atoms with Gasteiger partial charge in [0.25, 0.3) is 5.91 Å². The number of carbonyl (C=O) groups is 1. The summed E-state index contributed by atoms with van der Waals surface area (Å²) in [5.74, 6) is -0.349. The van der Waals surface area contributed by atoms with Crippen molar-refractivity contribution < 1.29 is 18.0 Å². The largest absolute Gasteiger partial charge is 0.417 e. The van der Waals surface area contributed by atoms with Crippen LogP contribution in [-0.4, -0.2) is 11.1 Å². The van der Waals surface area contributed by atoms with Gasteiger partial charge < -0.3 is 5.32 Å². The highest BCUT2D eigenvalue weighted by Gasteiger charge is 2.33. The van der Waals surface area contributed by atoms with Gasteiger partial charge in [0, 0.05) is 0 Å². The highest BCUT2D eigenvalue weighted by molar-refractivity contribution is 8.18. The average molecular weight is 383 g/mol. The molecule has 3 rings (SSSR count). The molecule has 0 bridgehead atoms. The number of hydrogen-bond acceptors (Lipinski definition) is 3. The first-order valence-electron chi connectivity index (χ1n) is 7.04. The van der Waals surface area contributed by atoms with Crippen molar-refractivity contribution >= 4 is 46.2 Å². The SMILES string of the molecule is O=C1NC(=Nc2ccc(Cl)c(C(F)(F)F)c2)SC1=Cc1ccccc1. The molecule has 1 N–H and O–H groups in total. The van der Waals surface area contributed by atoms with Gasteiger partial charge in [-0.05, 0) is 41.6 Å². The van der Waals surface area contributed by atoms with Gasteiger partial charge in [-0.2, -0.15) is 13.2 Å². The summed E-state index contributed by atoms with van der Waals surface area (Å²) in [6.45, 7) is 0. The number of nitrogens with one attached hydrogen (secondary N) is 1. The van der Waals surface area contributed by atoms with Gasteiger partial charge in [-0.25, -0.2) is 4.99 Å². The van der Waals surface area contributed by atoms with Crippen LogP contribution in [0.3, 0.4) is 0 Å². The van der Waals surface area contributed by atoms with E-state index in [9.17, 15) is 18.0 Å². The molecule has 25 heavy (non-hydrogen) atoms. The number of aliphatic imine (C=N–C) groups is 1. The first-order valence-corrected chi connectivity index (χ1v) is 8.24. The van der Waals surface area contributed by atoms with Gasteiger partial charge in [0.05, 0.1) is 21.2 Å². The summed E-state index contributed by atoms with van der Waals surface area (Å²) in [5.41, 5.74) is -0.0712. The Labute approximate surface area is 150 Å². The summed E-state index contributed by atoms with van der Waals surface area (Å²) in [7, 11) is 0. The molecular weight excluding hydrogens is 373 g/mol. The van der Waals surface area contributed by atoms with Gasteiger partial charge >= 0.3 is 6.18 Å². The van der Waals surface area contributed by atoms with Crippen molar-refractivity contribution in [2.24, 2.45) is 4.99 Å². The van der Waals surface area contributed by atoms with Gasteiger partial charge in [-0.15, -0.1) is 0 Å². The van der Waals surface area contributed by atoms with Gasteiger partial charge in [0.15, 0.2) is 5.17 Å². The molecule has 1 saturated heterocycles. The monoisotopic (exact) mass is 382 g/mol. The topological polar surface area (TPSA) is 41.5 Å². The Morgan fingerprint density at radius 2 is 1.84 bits per heavy atom. The predicted molar refractivity (Wildman–Crippen MR) is 93.7 cm³/mol. The summed E-state index contributed by atoms with van der Waals surface area (Å²) < 4.78 is 38.7. The molecular formula is C17H10ClF3N2OS. The predicted octanol–water partition coefficient (Wildman–Crippen LogP) is 5.25. The normalized spacial score (nSPS) is 18.0. The van der Waals surface area contributed by atoms with E-state index in [2.05, 4.69) is 10.3 Å². The molecule has 1 aliphatic heterocycles. The van der Waals surface area contributed by atoms with Crippen molar-refractivity contribution in [3.63, 3.8) is 0 Å². The maximum absolute atomic E-state index is 12.9. The van der Waals surface area contributed by atoms with E-state index in [1.807, 2.05) is 30.3 Å². The lowest BCUT2D eigenvalue weighted by molar-refractivity contribution is -0.137. The van der Waals surface area contributed by atoms with Crippen molar-refractivity contribution in [2.45, 2.75) is 6.18 Å². The number of thioether (sulfide) groups is 1. The number of halogens is 4. The van der Waals surface area contributed by atoms with Crippen LogP contribution < -0.4 is 5.32 Å². The van der Waals surface area contributed by atoms with Gasteiger partial charge in [0.1, 0.15) is 0 Å². The summed E-state index contributed by atoms with van der Waals surface area (Å²) in [4.78, 5) is 16.5. The number of alkyl halides is 3. The lowest BCUT2D eigenvalue weighted by Gasteiger charge is -2.09. The molecule has 2 aromatic carbocycles. The van der Waals surface area contributed by atoms with Crippen molar-refractivity contribution in [3.05, 3.63) is 69.6 Å². The Balaban J connectivity index is 1.87. The Morgan fingerprint density at radius 3 is 2.52 bits per heavy atom. The van der Waals surface area contributed by atoms with Gasteiger partial charge in [-0.3, -0.25) is 4.79 Å². The molecule has 0 atom stereocenters. The fourth-order valence-electron chi connectivity index (χ4n) is 2.10. The summed E-state index contributed by atoms with van der Waals surface area (Å²) in [6, 6.07) is 12.5. The molecule has 1 heterocycles. The van der Waals surface area contributed by atoms with E-state index in [4.69, 9.17) is 11.6 Å². The van der Waals surface area contributed by atoms with Crippen LogP contribution >= 0.6 is 23.4 Å². The van der Waals surface area contributed by atoms with E-state index in [1.54, 1.807) is 6.08 Å². The third-order valence-electron chi connectivity index (χ3n) is 3.23. The second-order valence-corrected chi connectivity index (χ2v) is 6.49. The minimum absolute atomic E-state index is 0.0560. The van der Waals surface area contributed by atoms with Crippen molar-refractivity contribution in [2.75, 3.05) is 0 Å². The van der Waals surface area contributed by atoms with Crippen LogP contribution in [-0.2, 0) is 11.0 Å². The number of nitrogens with zero attached hydrogens (tertiary/aromatic N) is 1. The standard InChI is InChI=1S/C17H10ClF3N2OS/c18-13-7-6-11(9-12(13)17(19,20)21)22-16-23-15(24)14(25-16)8-10-4-2-1-3-5-10/h1-9H,(H,22,23,24). The molecule has 2 aromatic rings. The highest BCUT2D eigenvalue weighted by atomic mass is 35.5. The van der Waals surface area contributed by atoms with E-state index in [0.717, 1.165) is 29.5 Å². The second-order valence-electron chi connectivity index (χ2n) is 5.05. The molecule has 1 amide bonds. The first-order chi connectivity index (χ1) is 11.8.